The lowest BCUT2D eigenvalue weighted by atomic mass is 10.1. The van der Waals surface area contributed by atoms with Gasteiger partial charge in [0.05, 0.1) is 36.3 Å². The molecule has 5 N–H and O–H groups in total. The predicted octanol–water partition coefficient (Wildman–Crippen LogP) is 1.89. The Balaban J connectivity index is 1.33. The predicted molar refractivity (Wildman–Crippen MR) is 118 cm³/mol. The number of aromatic nitrogens is 3. The fourth-order valence-electron chi connectivity index (χ4n) is 3.48. The number of nitrogens with zero attached hydrogens (tertiary/aromatic N) is 3. The van der Waals surface area contributed by atoms with Crippen molar-refractivity contribution in [2.24, 2.45) is 0 Å². The first-order chi connectivity index (χ1) is 17.2. The van der Waals surface area contributed by atoms with Crippen molar-refractivity contribution in [1.82, 2.24) is 15.0 Å². The molecule has 4 rings (SSSR count). The van der Waals surface area contributed by atoms with E-state index < -0.39 is 49.0 Å². The van der Waals surface area contributed by atoms with Gasteiger partial charge in [-0.2, -0.15) is 13.2 Å². The van der Waals surface area contributed by atoms with Crippen LogP contribution in [0, 0.1) is 0 Å². The Hall–Kier alpha value is -3.56. The van der Waals surface area contributed by atoms with E-state index >= 15 is 0 Å². The first kappa shape index (κ1) is 25.5. The molecule has 0 radical (unpaired) electrons. The maximum absolute atomic E-state index is 13.1. The number of carbonyl (C=O) groups is 1. The van der Waals surface area contributed by atoms with Gasteiger partial charge in [0.25, 0.3) is 0 Å². The smallest absolute Gasteiger partial charge is 0.394 e. The van der Waals surface area contributed by atoms with Crippen molar-refractivity contribution in [3.05, 3.63) is 66.0 Å². The van der Waals surface area contributed by atoms with Gasteiger partial charge in [0.1, 0.15) is 24.0 Å². The summed E-state index contributed by atoms with van der Waals surface area (Å²) in [6.45, 7) is -0.562. The summed E-state index contributed by atoms with van der Waals surface area (Å²) in [5.41, 5.74) is -0.0466. The zero-order chi connectivity index (χ0) is 25.9. The molecule has 1 fully saturated rings. The molecule has 4 atom stereocenters. The van der Waals surface area contributed by atoms with Crippen molar-refractivity contribution in [3.8, 4) is 5.69 Å². The third kappa shape index (κ3) is 5.80. The van der Waals surface area contributed by atoms with Gasteiger partial charge < -0.3 is 35.4 Å². The highest BCUT2D eigenvalue weighted by Gasteiger charge is 2.43. The number of halogens is 3. The summed E-state index contributed by atoms with van der Waals surface area (Å²) in [5.74, 6) is 0. The summed E-state index contributed by atoms with van der Waals surface area (Å²) >= 11 is 0. The number of rotatable bonds is 7. The lowest BCUT2D eigenvalue weighted by Crippen LogP contribution is -2.34. The van der Waals surface area contributed by atoms with Crippen LogP contribution in [-0.4, -0.2) is 67.6 Å². The van der Waals surface area contributed by atoms with E-state index in [0.717, 1.165) is 12.1 Å². The number of para-hydroxylation sites is 1. The molecule has 14 heteroatoms. The molecule has 1 aromatic heterocycles. The van der Waals surface area contributed by atoms with Crippen molar-refractivity contribution in [3.63, 3.8) is 0 Å². The molecule has 1 aliphatic heterocycles. The molecule has 11 nitrogen and oxygen atoms in total. The Morgan fingerprint density at radius 1 is 1.08 bits per heavy atom. The number of aliphatic hydroxyl groups is 3. The molecule has 2 amide bonds. The Labute approximate surface area is 202 Å². The van der Waals surface area contributed by atoms with E-state index in [9.17, 15) is 28.2 Å². The van der Waals surface area contributed by atoms with Gasteiger partial charge in [0, 0.05) is 5.69 Å². The lowest BCUT2D eigenvalue weighted by Gasteiger charge is -2.14. The summed E-state index contributed by atoms with van der Waals surface area (Å²) in [5, 5.41) is 41.3. The second-order valence-electron chi connectivity index (χ2n) is 7.84. The van der Waals surface area contributed by atoms with Gasteiger partial charge in [-0.25, -0.2) is 9.48 Å². The molecule has 192 valence electrons. The second kappa shape index (κ2) is 10.6. The summed E-state index contributed by atoms with van der Waals surface area (Å²) in [7, 11) is 0. The zero-order valence-electron chi connectivity index (χ0n) is 18.5. The number of carbonyl (C=O) groups excluding carboxylic acids is 1. The minimum atomic E-state index is -4.61. The molecule has 2 heterocycles. The number of alkyl halides is 3. The Morgan fingerprint density at radius 2 is 1.81 bits per heavy atom. The monoisotopic (exact) mass is 509 g/mol. The van der Waals surface area contributed by atoms with Crippen LogP contribution in [-0.2, 0) is 22.3 Å². The highest BCUT2D eigenvalue weighted by atomic mass is 19.4. The number of aliphatic hydroxyl groups excluding tert-OH is 3. The average molecular weight is 509 g/mol. The van der Waals surface area contributed by atoms with Gasteiger partial charge in [-0.05, 0) is 36.4 Å². The third-order valence-corrected chi connectivity index (χ3v) is 5.31. The van der Waals surface area contributed by atoms with Gasteiger partial charge in [-0.3, -0.25) is 0 Å². The van der Waals surface area contributed by atoms with Crippen molar-refractivity contribution in [2.45, 2.75) is 37.4 Å². The van der Waals surface area contributed by atoms with Crippen LogP contribution in [0.25, 0.3) is 5.69 Å². The Kier molecular flexibility index (Phi) is 7.51. The first-order valence-electron chi connectivity index (χ1n) is 10.7. The highest BCUT2D eigenvalue weighted by Crippen LogP contribution is 2.34. The van der Waals surface area contributed by atoms with Gasteiger partial charge in [0.2, 0.25) is 0 Å². The summed E-state index contributed by atoms with van der Waals surface area (Å²) in [6.07, 6.45) is -7.75. The van der Waals surface area contributed by atoms with Crippen LogP contribution < -0.4 is 10.6 Å². The van der Waals surface area contributed by atoms with Crippen LogP contribution in [0.1, 0.15) is 11.3 Å². The molecular weight excluding hydrogens is 487 g/mol. The van der Waals surface area contributed by atoms with Crippen molar-refractivity contribution < 1.29 is 42.8 Å². The van der Waals surface area contributed by atoms with E-state index in [-0.39, 0.29) is 12.3 Å². The molecule has 4 unspecified atom stereocenters. The zero-order valence-corrected chi connectivity index (χ0v) is 18.5. The second-order valence-corrected chi connectivity index (χ2v) is 7.84. The number of benzene rings is 2. The summed E-state index contributed by atoms with van der Waals surface area (Å²) < 4.78 is 51.3. The third-order valence-electron chi connectivity index (χ3n) is 5.31. The van der Waals surface area contributed by atoms with Gasteiger partial charge >= 0.3 is 12.2 Å². The van der Waals surface area contributed by atoms with E-state index in [2.05, 4.69) is 20.9 Å². The molecule has 0 bridgehead atoms. The molecule has 0 aliphatic carbocycles. The van der Waals surface area contributed by atoms with Crippen LogP contribution in [0.15, 0.2) is 54.7 Å². The quantitative estimate of drug-likeness (QED) is 0.324. The normalized spacial score (nSPS) is 21.9. The van der Waals surface area contributed by atoms with E-state index in [1.165, 1.54) is 28.9 Å². The maximum atomic E-state index is 13.1. The highest BCUT2D eigenvalue weighted by molar-refractivity contribution is 6.00. The SMILES string of the molecule is O=C(Nc1ccc(-n2cc(COC3OC(CO)C(O)C3O)nn2)cc1)Nc1ccccc1C(F)(F)F. The number of hydrogen-bond donors (Lipinski definition) is 5. The van der Waals surface area contributed by atoms with E-state index in [1.807, 2.05) is 0 Å². The fraction of sp³-hybridized carbons (Fsp3) is 0.318. The molecule has 2 aromatic carbocycles. The summed E-state index contributed by atoms with van der Waals surface area (Å²) in [4.78, 5) is 12.2. The number of urea groups is 1. The molecule has 0 spiro atoms. The number of nitrogens with one attached hydrogen (secondary N) is 2. The maximum Gasteiger partial charge on any atom is 0.418 e. The van der Waals surface area contributed by atoms with Gasteiger partial charge in [-0.15, -0.1) is 5.10 Å². The minimum Gasteiger partial charge on any atom is -0.394 e. The molecule has 3 aromatic rings. The Morgan fingerprint density at radius 3 is 2.47 bits per heavy atom. The number of ether oxygens (including phenoxy) is 2. The molecule has 1 saturated heterocycles. The van der Waals surface area contributed by atoms with Crippen LogP contribution in [0.3, 0.4) is 0 Å². The lowest BCUT2D eigenvalue weighted by molar-refractivity contribution is -0.176. The largest absolute Gasteiger partial charge is 0.418 e. The Bertz CT molecular complexity index is 1190. The molecule has 1 aliphatic rings. The van der Waals surface area contributed by atoms with Crippen molar-refractivity contribution in [1.29, 1.82) is 0 Å². The van der Waals surface area contributed by atoms with E-state index in [0.29, 0.717) is 17.1 Å². The fourth-order valence-corrected chi connectivity index (χ4v) is 3.48. The number of amides is 2. The molecule has 36 heavy (non-hydrogen) atoms. The van der Waals surface area contributed by atoms with Crippen LogP contribution in [0.5, 0.6) is 0 Å². The van der Waals surface area contributed by atoms with Crippen molar-refractivity contribution in [2.75, 3.05) is 17.2 Å². The standard InChI is InChI=1S/C22H22F3N5O6/c23-22(24,25)15-3-1-2-4-16(15)27-21(34)26-12-5-7-14(8-6-12)30-9-13(28-29-30)11-35-20-19(33)18(32)17(10-31)36-20/h1-9,17-20,31-33H,10-11H2,(H2,26,27,34). The van der Waals surface area contributed by atoms with Crippen LogP contribution in [0.4, 0.5) is 29.3 Å². The number of anilines is 2. The minimum absolute atomic E-state index is 0.0915. The molecular formula is C22H22F3N5O6. The topological polar surface area (TPSA) is 151 Å². The summed E-state index contributed by atoms with van der Waals surface area (Å²) in [6, 6.07) is 10.1. The van der Waals surface area contributed by atoms with Crippen molar-refractivity contribution >= 4 is 17.4 Å². The van der Waals surface area contributed by atoms with E-state index in [1.54, 1.807) is 18.3 Å². The van der Waals surface area contributed by atoms with Crippen LogP contribution >= 0.6 is 0 Å². The van der Waals surface area contributed by atoms with Crippen LogP contribution in [0.2, 0.25) is 0 Å². The number of hydrogen-bond acceptors (Lipinski definition) is 8. The average Bonchev–Trinajstić information content (AvgIpc) is 3.42. The first-order valence-corrected chi connectivity index (χ1v) is 10.7. The van der Waals surface area contributed by atoms with Gasteiger partial charge in [0.15, 0.2) is 6.29 Å². The molecule has 0 saturated carbocycles. The van der Waals surface area contributed by atoms with Gasteiger partial charge in [-0.1, -0.05) is 17.3 Å². The van der Waals surface area contributed by atoms with E-state index in [4.69, 9.17) is 14.6 Å².